The third kappa shape index (κ3) is 5.72. The second kappa shape index (κ2) is 9.47. The first kappa shape index (κ1) is 25.4. The number of rotatable bonds is 4. The third-order valence-electron chi connectivity index (χ3n) is 4.96. The zero-order valence-corrected chi connectivity index (χ0v) is 21.0. The number of hydrogen-bond donors (Lipinski definition) is 1. The number of nitrogens with zero attached hydrogens (tertiary/aromatic N) is 2. The predicted octanol–water partition coefficient (Wildman–Crippen LogP) is 3.85. The smallest absolute Gasteiger partial charge is 0.194 e. The number of benzene rings is 1. The molecule has 2 rings (SSSR count). The van der Waals surface area contributed by atoms with Crippen LogP contribution in [0.3, 0.4) is 0 Å². The van der Waals surface area contributed by atoms with Crippen LogP contribution in [0, 0.1) is 5.82 Å². The molecule has 28 heavy (non-hydrogen) atoms. The van der Waals surface area contributed by atoms with Gasteiger partial charge in [-0.1, -0.05) is 31.5 Å². The Kier molecular flexibility index (Phi) is 8.60. The summed E-state index contributed by atoms with van der Waals surface area (Å²) in [6.07, 6.45) is 0. The molecule has 1 fully saturated rings. The molecule has 1 aromatic rings. The summed E-state index contributed by atoms with van der Waals surface area (Å²) >= 11 is 6.23. The zero-order chi connectivity index (χ0) is 20.5. The Hall–Kier alpha value is -0.610. The molecule has 0 atom stereocenters. The van der Waals surface area contributed by atoms with Crippen LogP contribution in [0.4, 0.5) is 4.39 Å². The van der Waals surface area contributed by atoms with Gasteiger partial charge in [-0.05, 0) is 38.5 Å². The fraction of sp³-hybridized carbons (Fsp3) is 0.632. The molecule has 0 unspecified atom stereocenters. The van der Waals surface area contributed by atoms with E-state index in [0.717, 1.165) is 5.56 Å². The molecule has 1 aliphatic rings. The summed E-state index contributed by atoms with van der Waals surface area (Å²) in [7, 11) is -3.12. The Morgan fingerprint density at radius 3 is 2.57 bits per heavy atom. The minimum atomic E-state index is -3.12. The normalized spacial score (nSPS) is 19.1. The van der Waals surface area contributed by atoms with Crippen molar-refractivity contribution in [3.05, 3.63) is 34.6 Å². The largest absolute Gasteiger partial charge is 0.357 e. The van der Waals surface area contributed by atoms with Crippen LogP contribution < -0.4 is 5.32 Å². The lowest BCUT2D eigenvalue weighted by Crippen LogP contribution is -2.57. The first-order valence-corrected chi connectivity index (χ1v) is 11.1. The van der Waals surface area contributed by atoms with E-state index in [9.17, 15) is 12.8 Å². The van der Waals surface area contributed by atoms with Crippen LogP contribution in [-0.4, -0.2) is 56.0 Å². The van der Waals surface area contributed by atoms with Crippen LogP contribution >= 0.6 is 35.6 Å². The molecule has 0 amide bonds. The van der Waals surface area contributed by atoms with Gasteiger partial charge in [0.05, 0.1) is 17.0 Å². The summed E-state index contributed by atoms with van der Waals surface area (Å²) in [5, 5.41) is 3.63. The quantitative estimate of drug-likeness (QED) is 0.355. The van der Waals surface area contributed by atoms with Crippen LogP contribution in [0.2, 0.25) is 5.02 Å². The molecule has 0 bridgehead atoms. The van der Waals surface area contributed by atoms with E-state index >= 15 is 0 Å². The lowest BCUT2D eigenvalue weighted by atomic mass is 9.84. The van der Waals surface area contributed by atoms with Gasteiger partial charge < -0.3 is 10.2 Å². The van der Waals surface area contributed by atoms with E-state index in [4.69, 9.17) is 16.6 Å². The van der Waals surface area contributed by atoms with E-state index in [1.54, 1.807) is 19.9 Å². The van der Waals surface area contributed by atoms with Crippen LogP contribution in [0.15, 0.2) is 23.2 Å². The summed E-state index contributed by atoms with van der Waals surface area (Å²) in [5.41, 5.74) is 0.426. The predicted molar refractivity (Wildman–Crippen MR) is 125 cm³/mol. The summed E-state index contributed by atoms with van der Waals surface area (Å²) < 4.78 is 37.1. The minimum absolute atomic E-state index is 0. The molecule has 0 spiro atoms. The Balaban J connectivity index is 0.00000392. The second-order valence-electron chi connectivity index (χ2n) is 8.18. The van der Waals surface area contributed by atoms with Gasteiger partial charge in [0.15, 0.2) is 15.8 Å². The van der Waals surface area contributed by atoms with Crippen molar-refractivity contribution < 1.29 is 12.8 Å². The van der Waals surface area contributed by atoms with Crippen molar-refractivity contribution in [1.29, 1.82) is 0 Å². The van der Waals surface area contributed by atoms with Crippen molar-refractivity contribution in [3.63, 3.8) is 0 Å². The Morgan fingerprint density at radius 2 is 2.04 bits per heavy atom. The number of halogens is 3. The SMILES string of the molecule is CCNC(=NCC(C)(C)c1ccc(F)cc1Cl)N1CCS(=O)(=O)C(C)(C)C1.I. The molecule has 1 aliphatic heterocycles. The lowest BCUT2D eigenvalue weighted by molar-refractivity contribution is 0.352. The van der Waals surface area contributed by atoms with Crippen LogP contribution in [-0.2, 0) is 15.3 Å². The highest BCUT2D eigenvalue weighted by molar-refractivity contribution is 14.0. The summed E-state index contributed by atoms with van der Waals surface area (Å²) in [6, 6.07) is 4.40. The number of hydrogen-bond acceptors (Lipinski definition) is 3. The van der Waals surface area contributed by atoms with Crippen LogP contribution in [0.25, 0.3) is 0 Å². The molecular formula is C19H30ClFIN3O2S. The molecule has 5 nitrogen and oxygen atoms in total. The monoisotopic (exact) mass is 545 g/mol. The lowest BCUT2D eigenvalue weighted by Gasteiger charge is -2.39. The molecule has 1 heterocycles. The van der Waals surface area contributed by atoms with E-state index in [0.29, 0.717) is 37.2 Å². The minimum Gasteiger partial charge on any atom is -0.357 e. The van der Waals surface area contributed by atoms with E-state index < -0.39 is 20.0 Å². The maximum Gasteiger partial charge on any atom is 0.194 e. The van der Waals surface area contributed by atoms with Crippen LogP contribution in [0.5, 0.6) is 0 Å². The summed E-state index contributed by atoms with van der Waals surface area (Å²) in [4.78, 5) is 6.74. The van der Waals surface area contributed by atoms with Gasteiger partial charge in [-0.3, -0.25) is 4.99 Å². The molecule has 0 radical (unpaired) electrons. The van der Waals surface area contributed by atoms with E-state index in [2.05, 4.69) is 5.32 Å². The summed E-state index contributed by atoms with van der Waals surface area (Å²) in [5.74, 6) is 0.428. The van der Waals surface area contributed by atoms with Gasteiger partial charge in [-0.15, -0.1) is 24.0 Å². The fourth-order valence-electron chi connectivity index (χ4n) is 3.15. The molecule has 0 aliphatic carbocycles. The van der Waals surface area contributed by atoms with E-state index in [1.807, 2.05) is 25.7 Å². The maximum absolute atomic E-state index is 13.4. The van der Waals surface area contributed by atoms with Gasteiger partial charge >= 0.3 is 0 Å². The van der Waals surface area contributed by atoms with Crippen molar-refractivity contribution in [1.82, 2.24) is 10.2 Å². The number of nitrogens with one attached hydrogen (secondary N) is 1. The van der Waals surface area contributed by atoms with Crippen molar-refractivity contribution in [2.75, 3.05) is 31.9 Å². The van der Waals surface area contributed by atoms with E-state index in [-0.39, 0.29) is 35.5 Å². The first-order valence-electron chi connectivity index (χ1n) is 9.11. The molecule has 1 aromatic carbocycles. The number of guanidine groups is 1. The van der Waals surface area contributed by atoms with Crippen molar-refractivity contribution in [3.8, 4) is 0 Å². The summed E-state index contributed by atoms with van der Waals surface area (Å²) in [6.45, 7) is 11.4. The molecular weight excluding hydrogens is 516 g/mol. The average molecular weight is 546 g/mol. The van der Waals surface area contributed by atoms with Crippen LogP contribution in [0.1, 0.15) is 40.2 Å². The highest BCUT2D eigenvalue weighted by Gasteiger charge is 2.41. The fourth-order valence-corrected chi connectivity index (χ4v) is 4.94. The topological polar surface area (TPSA) is 61.8 Å². The van der Waals surface area contributed by atoms with Gasteiger partial charge in [-0.25, -0.2) is 12.8 Å². The van der Waals surface area contributed by atoms with Crippen molar-refractivity contribution in [2.45, 2.75) is 44.8 Å². The van der Waals surface area contributed by atoms with Gasteiger partial charge in [0.2, 0.25) is 0 Å². The highest BCUT2D eigenvalue weighted by Crippen LogP contribution is 2.31. The van der Waals surface area contributed by atoms with E-state index in [1.165, 1.54) is 12.1 Å². The molecule has 0 aromatic heterocycles. The van der Waals surface area contributed by atoms with Crippen molar-refractivity contribution in [2.24, 2.45) is 4.99 Å². The Bertz CT molecular complexity index is 828. The number of sulfone groups is 1. The van der Waals surface area contributed by atoms with Gasteiger partial charge in [0.1, 0.15) is 5.82 Å². The molecule has 1 saturated heterocycles. The standard InChI is InChI=1S/C19H29ClFN3O2S.HI/c1-6-22-17(24-9-10-27(25,26)19(4,5)13-24)23-12-18(2,3)15-8-7-14(21)11-16(15)20;/h7-8,11H,6,9-10,12-13H2,1-5H3,(H,22,23);1H. The first-order chi connectivity index (χ1) is 12.4. The molecule has 160 valence electrons. The Labute approximate surface area is 190 Å². The average Bonchev–Trinajstić information content (AvgIpc) is 2.54. The molecule has 9 heteroatoms. The van der Waals surface area contributed by atoms with Gasteiger partial charge in [-0.2, -0.15) is 0 Å². The maximum atomic E-state index is 13.4. The Morgan fingerprint density at radius 1 is 1.39 bits per heavy atom. The molecule has 1 N–H and O–H groups in total. The second-order valence-corrected chi connectivity index (χ2v) is 11.3. The third-order valence-corrected chi connectivity index (χ3v) is 7.81. The highest BCUT2D eigenvalue weighted by atomic mass is 127. The van der Waals surface area contributed by atoms with Gasteiger partial charge in [0.25, 0.3) is 0 Å². The number of aliphatic imine (C=N–C) groups is 1. The van der Waals surface area contributed by atoms with Crippen molar-refractivity contribution >= 4 is 51.4 Å². The molecule has 0 saturated carbocycles. The zero-order valence-electron chi connectivity index (χ0n) is 17.1. The van der Waals surface area contributed by atoms with Gasteiger partial charge in [0, 0.05) is 30.1 Å².